The molecule has 2 heterocycles. The molecule has 4 rings (SSSR count). The van der Waals surface area contributed by atoms with Crippen molar-refractivity contribution in [3.8, 4) is 5.69 Å². The van der Waals surface area contributed by atoms with Crippen molar-refractivity contribution in [2.24, 2.45) is 0 Å². The molecule has 0 unspecified atom stereocenters. The Balaban J connectivity index is 1.48. The van der Waals surface area contributed by atoms with Gasteiger partial charge in [-0.1, -0.05) is 18.2 Å². The molecule has 1 aromatic carbocycles. The van der Waals surface area contributed by atoms with Crippen molar-refractivity contribution < 1.29 is 9.90 Å². The third-order valence-electron chi connectivity index (χ3n) is 4.93. The quantitative estimate of drug-likeness (QED) is 0.674. The first-order valence-corrected chi connectivity index (χ1v) is 9.05. The second kappa shape index (κ2) is 7.28. The Morgan fingerprint density at radius 1 is 1.33 bits per heavy atom. The molecule has 1 aliphatic carbocycles. The summed E-state index contributed by atoms with van der Waals surface area (Å²) >= 11 is 0. The summed E-state index contributed by atoms with van der Waals surface area (Å²) in [6.45, 7) is 3.17. The summed E-state index contributed by atoms with van der Waals surface area (Å²) in [4.78, 5) is 11.5. The highest BCUT2D eigenvalue weighted by molar-refractivity contribution is 5.87. The van der Waals surface area contributed by atoms with Gasteiger partial charge in [-0.15, -0.1) is 5.10 Å². The average molecular weight is 367 g/mol. The van der Waals surface area contributed by atoms with E-state index in [1.54, 1.807) is 4.68 Å². The van der Waals surface area contributed by atoms with Crippen molar-refractivity contribution in [3.63, 3.8) is 0 Å². The molecular weight excluding hydrogens is 346 g/mol. The molecule has 27 heavy (non-hydrogen) atoms. The zero-order valence-corrected chi connectivity index (χ0v) is 15.0. The summed E-state index contributed by atoms with van der Waals surface area (Å²) in [6, 6.07) is 9.88. The van der Waals surface area contributed by atoms with Gasteiger partial charge in [0, 0.05) is 23.8 Å². The van der Waals surface area contributed by atoms with E-state index in [0.29, 0.717) is 19.5 Å². The second-order valence-corrected chi connectivity index (χ2v) is 6.56. The zero-order chi connectivity index (χ0) is 18.8. The number of hydrogen-bond acceptors (Lipinski definition) is 6. The lowest BCUT2D eigenvalue weighted by molar-refractivity contribution is 0.0688. The van der Waals surface area contributed by atoms with Crippen LogP contribution in [-0.2, 0) is 25.9 Å². The van der Waals surface area contributed by atoms with Crippen molar-refractivity contribution in [1.29, 1.82) is 0 Å². The van der Waals surface area contributed by atoms with E-state index >= 15 is 0 Å². The van der Waals surface area contributed by atoms with Crippen LogP contribution in [0.4, 0.5) is 0 Å². The number of benzene rings is 1. The third-order valence-corrected chi connectivity index (χ3v) is 4.93. The lowest BCUT2D eigenvalue weighted by atomic mass is 9.91. The number of carboxylic acid groups (broad SMARTS) is 1. The lowest BCUT2D eigenvalue weighted by Crippen LogP contribution is -2.35. The minimum Gasteiger partial charge on any atom is -0.476 e. The minimum atomic E-state index is -0.966. The van der Waals surface area contributed by atoms with Crippen LogP contribution in [0, 0.1) is 0 Å². The van der Waals surface area contributed by atoms with E-state index < -0.39 is 5.97 Å². The van der Waals surface area contributed by atoms with Crippen molar-refractivity contribution in [2.75, 3.05) is 0 Å². The van der Waals surface area contributed by atoms with Gasteiger partial charge in [0.1, 0.15) is 0 Å². The molecular formula is C18H21N7O2. The third kappa shape index (κ3) is 3.33. The molecule has 9 nitrogen and oxygen atoms in total. The Morgan fingerprint density at radius 3 is 2.89 bits per heavy atom. The summed E-state index contributed by atoms with van der Waals surface area (Å²) in [6.07, 6.45) is 2.37. The average Bonchev–Trinajstić information content (AvgIpc) is 3.31. The molecule has 0 saturated carbocycles. The number of nitrogens with zero attached hydrogens (tertiary/aromatic N) is 6. The van der Waals surface area contributed by atoms with E-state index in [4.69, 9.17) is 0 Å². The number of nitrogens with one attached hydrogen (secondary N) is 1. The molecule has 9 heteroatoms. The summed E-state index contributed by atoms with van der Waals surface area (Å²) in [5.41, 5.74) is 2.97. The van der Waals surface area contributed by atoms with E-state index in [2.05, 4.69) is 25.9 Å². The van der Waals surface area contributed by atoms with E-state index in [9.17, 15) is 9.90 Å². The zero-order valence-electron chi connectivity index (χ0n) is 15.0. The molecule has 0 bridgehead atoms. The Hall–Kier alpha value is -3.07. The fourth-order valence-corrected chi connectivity index (χ4v) is 3.62. The van der Waals surface area contributed by atoms with Crippen LogP contribution >= 0.6 is 0 Å². The van der Waals surface area contributed by atoms with Crippen LogP contribution in [0.1, 0.15) is 40.9 Å². The summed E-state index contributed by atoms with van der Waals surface area (Å²) < 4.78 is 3.52. The second-order valence-electron chi connectivity index (χ2n) is 6.56. The van der Waals surface area contributed by atoms with Crippen molar-refractivity contribution >= 4 is 5.97 Å². The van der Waals surface area contributed by atoms with Gasteiger partial charge in [-0.25, -0.2) is 4.79 Å². The van der Waals surface area contributed by atoms with Gasteiger partial charge in [0.15, 0.2) is 11.5 Å². The topological polar surface area (TPSA) is 111 Å². The Morgan fingerprint density at radius 2 is 2.15 bits per heavy atom. The molecule has 2 aromatic heterocycles. The standard InChI is InChI=1S/C18H21N7O2/c1-2-24-15-9-8-12(10-14(15)17(21-24)18(26)27)19-11-16-20-22-23-25(16)13-6-4-3-5-7-13/h3-7,12,19H,2,8-11H2,1H3,(H,26,27)/t12-/m0/s1. The molecule has 0 radical (unpaired) electrons. The van der Waals surface area contributed by atoms with Crippen LogP contribution in [0.15, 0.2) is 30.3 Å². The number of rotatable bonds is 6. The maximum atomic E-state index is 11.5. The van der Waals surface area contributed by atoms with Gasteiger partial charge >= 0.3 is 5.97 Å². The van der Waals surface area contributed by atoms with Gasteiger partial charge in [0.25, 0.3) is 0 Å². The van der Waals surface area contributed by atoms with E-state index in [1.165, 1.54) is 0 Å². The van der Waals surface area contributed by atoms with Crippen LogP contribution in [-0.4, -0.2) is 47.1 Å². The van der Waals surface area contributed by atoms with E-state index in [-0.39, 0.29) is 11.7 Å². The highest BCUT2D eigenvalue weighted by atomic mass is 16.4. The number of aromatic nitrogens is 6. The molecule has 0 amide bonds. The molecule has 0 saturated heterocycles. The van der Waals surface area contributed by atoms with Crippen LogP contribution in [0.3, 0.4) is 0 Å². The molecule has 140 valence electrons. The van der Waals surface area contributed by atoms with Gasteiger partial charge in [0.05, 0.1) is 12.2 Å². The van der Waals surface area contributed by atoms with Crippen LogP contribution in [0.25, 0.3) is 5.69 Å². The first-order valence-electron chi connectivity index (χ1n) is 9.05. The van der Waals surface area contributed by atoms with Gasteiger partial charge in [-0.2, -0.15) is 9.78 Å². The van der Waals surface area contributed by atoms with E-state index in [1.807, 2.05) is 41.9 Å². The fraction of sp³-hybridized carbons (Fsp3) is 0.389. The number of aromatic carboxylic acids is 1. The van der Waals surface area contributed by atoms with Crippen LogP contribution in [0.5, 0.6) is 0 Å². The summed E-state index contributed by atoms with van der Waals surface area (Å²) in [5.74, 6) is -0.248. The maximum absolute atomic E-state index is 11.5. The Labute approximate surface area is 156 Å². The normalized spacial score (nSPS) is 16.3. The summed E-state index contributed by atoms with van der Waals surface area (Å²) in [7, 11) is 0. The molecule has 2 N–H and O–H groups in total. The van der Waals surface area contributed by atoms with Crippen molar-refractivity contribution in [2.45, 2.75) is 45.3 Å². The minimum absolute atomic E-state index is 0.158. The SMILES string of the molecule is CCn1nc(C(=O)O)c2c1CC[C@H](NCc1nnnn1-c1ccccc1)C2. The predicted molar refractivity (Wildman–Crippen MR) is 96.7 cm³/mol. The van der Waals surface area contributed by atoms with Crippen molar-refractivity contribution in [1.82, 2.24) is 35.3 Å². The highest BCUT2D eigenvalue weighted by Gasteiger charge is 2.28. The number of aryl methyl sites for hydroxylation is 1. The van der Waals surface area contributed by atoms with Gasteiger partial charge < -0.3 is 10.4 Å². The molecule has 3 aromatic rings. The first-order chi connectivity index (χ1) is 13.2. The number of hydrogen-bond donors (Lipinski definition) is 2. The molecule has 0 aliphatic heterocycles. The number of fused-ring (bicyclic) bond motifs is 1. The molecule has 0 spiro atoms. The molecule has 0 fully saturated rings. The first kappa shape index (κ1) is 17.3. The fourth-order valence-electron chi connectivity index (χ4n) is 3.62. The van der Waals surface area contributed by atoms with Gasteiger partial charge in [-0.05, 0) is 48.7 Å². The maximum Gasteiger partial charge on any atom is 0.356 e. The van der Waals surface area contributed by atoms with Crippen LogP contribution < -0.4 is 5.32 Å². The number of carbonyl (C=O) groups is 1. The lowest BCUT2D eigenvalue weighted by Gasteiger charge is -2.24. The highest BCUT2D eigenvalue weighted by Crippen LogP contribution is 2.25. The summed E-state index contributed by atoms with van der Waals surface area (Å²) in [5, 5.41) is 29.1. The molecule has 1 atom stereocenters. The number of tetrazole rings is 1. The number of para-hydroxylation sites is 1. The Kier molecular flexibility index (Phi) is 4.68. The smallest absolute Gasteiger partial charge is 0.356 e. The monoisotopic (exact) mass is 367 g/mol. The largest absolute Gasteiger partial charge is 0.476 e. The molecule has 1 aliphatic rings. The van der Waals surface area contributed by atoms with Crippen LogP contribution in [0.2, 0.25) is 0 Å². The Bertz CT molecular complexity index is 948. The number of carboxylic acids is 1. The van der Waals surface area contributed by atoms with Crippen molar-refractivity contribution in [3.05, 3.63) is 53.1 Å². The van der Waals surface area contributed by atoms with Gasteiger partial charge in [0.2, 0.25) is 0 Å². The van der Waals surface area contributed by atoms with Gasteiger partial charge in [-0.3, -0.25) is 4.68 Å². The predicted octanol–water partition coefficient (Wildman–Crippen LogP) is 1.22. The van der Waals surface area contributed by atoms with E-state index in [0.717, 1.165) is 35.6 Å².